The highest BCUT2D eigenvalue weighted by Crippen LogP contribution is 2.34. The van der Waals surface area contributed by atoms with Crippen LogP contribution in [0.15, 0.2) is 41.8 Å². The normalized spacial score (nSPS) is 16.7. The van der Waals surface area contributed by atoms with Crippen LogP contribution in [0.4, 0.5) is 0 Å². The van der Waals surface area contributed by atoms with Gasteiger partial charge in [0.15, 0.2) is 0 Å². The molecule has 0 bridgehead atoms. The minimum absolute atomic E-state index is 0.00378. The molecule has 3 rings (SSSR count). The van der Waals surface area contributed by atoms with Crippen molar-refractivity contribution in [3.63, 3.8) is 0 Å². The number of carbonyl (C=O) groups excluding carboxylic acids is 2. The molecule has 0 N–H and O–H groups in total. The summed E-state index contributed by atoms with van der Waals surface area (Å²) in [5.74, 6) is 1.12. The monoisotopic (exact) mass is 442 g/mol. The Morgan fingerprint density at radius 1 is 1.19 bits per heavy atom. The Labute approximate surface area is 190 Å². The molecule has 0 unspecified atom stereocenters. The third-order valence-electron chi connectivity index (χ3n) is 5.90. The van der Waals surface area contributed by atoms with Crippen LogP contribution in [0.1, 0.15) is 57.0 Å². The summed E-state index contributed by atoms with van der Waals surface area (Å²) in [7, 11) is 0. The van der Waals surface area contributed by atoms with Gasteiger partial charge in [-0.2, -0.15) is 0 Å². The standard InChI is InChI=1S/C25H34N2O3S/c1-5-19(4)27(24(28)15-18(2)3)16-25(29)26-13-11-23-21(12-14-31-23)22(26)17-30-20-9-7-6-8-10-20/h6-10,12,14,18-19,22H,5,11,13,15-17H2,1-4H3/t19-,22+/m0/s1. The van der Waals surface area contributed by atoms with Crippen LogP contribution >= 0.6 is 11.3 Å². The zero-order valence-electron chi connectivity index (χ0n) is 19.0. The van der Waals surface area contributed by atoms with Crippen LogP contribution in [-0.2, 0) is 16.0 Å². The van der Waals surface area contributed by atoms with Crippen molar-refractivity contribution in [2.75, 3.05) is 19.7 Å². The molecule has 1 aromatic heterocycles. The number of rotatable bonds is 9. The highest BCUT2D eigenvalue weighted by atomic mass is 32.1. The van der Waals surface area contributed by atoms with Gasteiger partial charge in [-0.1, -0.05) is 39.0 Å². The van der Waals surface area contributed by atoms with Gasteiger partial charge in [0, 0.05) is 23.9 Å². The van der Waals surface area contributed by atoms with Crippen LogP contribution in [0.2, 0.25) is 0 Å². The third-order valence-corrected chi connectivity index (χ3v) is 6.89. The average molecular weight is 443 g/mol. The number of ether oxygens (including phenoxy) is 1. The van der Waals surface area contributed by atoms with E-state index in [9.17, 15) is 9.59 Å². The molecule has 1 aromatic carbocycles. The molecule has 0 radical (unpaired) electrons. The Bertz CT molecular complexity index is 865. The Morgan fingerprint density at radius 3 is 2.61 bits per heavy atom. The number of nitrogens with zero attached hydrogens (tertiary/aromatic N) is 2. The van der Waals surface area contributed by atoms with Crippen molar-refractivity contribution in [2.45, 2.75) is 59.0 Å². The lowest BCUT2D eigenvalue weighted by atomic mass is 10.00. The smallest absolute Gasteiger partial charge is 0.242 e. The van der Waals surface area contributed by atoms with Gasteiger partial charge in [0.05, 0.1) is 6.04 Å². The molecule has 2 amide bonds. The number of hydrogen-bond donors (Lipinski definition) is 0. The summed E-state index contributed by atoms with van der Waals surface area (Å²) in [6.07, 6.45) is 2.14. The van der Waals surface area contributed by atoms with E-state index < -0.39 is 0 Å². The summed E-state index contributed by atoms with van der Waals surface area (Å²) in [6, 6.07) is 11.7. The number of carbonyl (C=O) groups is 2. The fourth-order valence-electron chi connectivity index (χ4n) is 3.98. The minimum Gasteiger partial charge on any atom is -0.491 e. The molecule has 0 fully saturated rings. The maximum absolute atomic E-state index is 13.5. The van der Waals surface area contributed by atoms with Crippen LogP contribution in [0, 0.1) is 5.92 Å². The van der Waals surface area contributed by atoms with Gasteiger partial charge in [-0.3, -0.25) is 9.59 Å². The van der Waals surface area contributed by atoms with Crippen LogP contribution in [0.3, 0.4) is 0 Å². The SMILES string of the molecule is CC[C@H](C)N(CC(=O)N1CCc2sccc2[C@H]1COc1ccccc1)C(=O)CC(C)C. The zero-order chi connectivity index (χ0) is 22.4. The molecule has 31 heavy (non-hydrogen) atoms. The van der Waals surface area contributed by atoms with Gasteiger partial charge in [-0.05, 0) is 54.8 Å². The van der Waals surface area contributed by atoms with Gasteiger partial charge in [0.2, 0.25) is 11.8 Å². The van der Waals surface area contributed by atoms with Crippen LogP contribution in [0.5, 0.6) is 5.75 Å². The Balaban J connectivity index is 1.77. The van der Waals surface area contributed by atoms with Crippen molar-refractivity contribution < 1.29 is 14.3 Å². The number of amides is 2. The topological polar surface area (TPSA) is 49.9 Å². The Morgan fingerprint density at radius 2 is 1.94 bits per heavy atom. The van der Waals surface area contributed by atoms with E-state index in [2.05, 4.69) is 18.4 Å². The third kappa shape index (κ3) is 5.88. The van der Waals surface area contributed by atoms with Crippen molar-refractivity contribution in [3.8, 4) is 5.75 Å². The molecule has 6 heteroatoms. The van der Waals surface area contributed by atoms with Crippen molar-refractivity contribution >= 4 is 23.2 Å². The lowest BCUT2D eigenvalue weighted by molar-refractivity contribution is -0.144. The number of para-hydroxylation sites is 1. The van der Waals surface area contributed by atoms with E-state index in [0.717, 1.165) is 18.6 Å². The first kappa shape index (κ1) is 23.3. The predicted octanol–water partition coefficient (Wildman–Crippen LogP) is 4.93. The zero-order valence-corrected chi connectivity index (χ0v) is 19.9. The highest BCUT2D eigenvalue weighted by molar-refractivity contribution is 7.10. The number of hydrogen-bond acceptors (Lipinski definition) is 4. The molecule has 0 spiro atoms. The second-order valence-electron chi connectivity index (χ2n) is 8.65. The van der Waals surface area contributed by atoms with Gasteiger partial charge < -0.3 is 14.5 Å². The van der Waals surface area contributed by atoms with E-state index in [1.54, 1.807) is 16.2 Å². The van der Waals surface area contributed by atoms with E-state index >= 15 is 0 Å². The molecule has 168 valence electrons. The lowest BCUT2D eigenvalue weighted by Crippen LogP contribution is -2.50. The highest BCUT2D eigenvalue weighted by Gasteiger charge is 2.34. The average Bonchev–Trinajstić information content (AvgIpc) is 3.24. The molecule has 0 aliphatic carbocycles. The minimum atomic E-state index is -0.137. The Hall–Kier alpha value is -2.34. The first-order valence-electron chi connectivity index (χ1n) is 11.2. The van der Waals surface area contributed by atoms with Gasteiger partial charge in [-0.25, -0.2) is 0 Å². The maximum Gasteiger partial charge on any atom is 0.242 e. The molecule has 2 aromatic rings. The molecular weight excluding hydrogens is 408 g/mol. The molecule has 1 aliphatic heterocycles. The Kier molecular flexibility index (Phi) is 8.13. The van der Waals surface area contributed by atoms with Gasteiger partial charge in [-0.15, -0.1) is 11.3 Å². The van der Waals surface area contributed by atoms with Crippen LogP contribution in [0.25, 0.3) is 0 Å². The van der Waals surface area contributed by atoms with Crippen molar-refractivity contribution in [3.05, 3.63) is 52.2 Å². The second-order valence-corrected chi connectivity index (χ2v) is 9.65. The molecular formula is C25H34N2O3S. The lowest BCUT2D eigenvalue weighted by Gasteiger charge is -2.38. The fourth-order valence-corrected chi connectivity index (χ4v) is 4.91. The molecule has 0 saturated heterocycles. The first-order valence-corrected chi connectivity index (χ1v) is 12.1. The summed E-state index contributed by atoms with van der Waals surface area (Å²) in [6.45, 7) is 9.34. The number of benzene rings is 1. The van der Waals surface area contributed by atoms with Crippen molar-refractivity contribution in [2.24, 2.45) is 5.92 Å². The van der Waals surface area contributed by atoms with Crippen molar-refractivity contribution in [1.82, 2.24) is 9.80 Å². The summed E-state index contributed by atoms with van der Waals surface area (Å²) < 4.78 is 6.06. The maximum atomic E-state index is 13.5. The van der Waals surface area contributed by atoms with E-state index in [-0.39, 0.29) is 36.4 Å². The second kappa shape index (κ2) is 10.8. The first-order chi connectivity index (χ1) is 14.9. The number of thiophene rings is 1. The van der Waals surface area contributed by atoms with E-state index in [1.165, 1.54) is 10.4 Å². The summed E-state index contributed by atoms with van der Waals surface area (Å²) in [4.78, 5) is 31.3. The van der Waals surface area contributed by atoms with E-state index in [1.807, 2.05) is 56.0 Å². The molecule has 0 saturated carbocycles. The molecule has 2 heterocycles. The van der Waals surface area contributed by atoms with E-state index in [4.69, 9.17) is 4.74 Å². The van der Waals surface area contributed by atoms with Gasteiger partial charge >= 0.3 is 0 Å². The largest absolute Gasteiger partial charge is 0.491 e. The van der Waals surface area contributed by atoms with E-state index in [0.29, 0.717) is 19.6 Å². The summed E-state index contributed by atoms with van der Waals surface area (Å²) >= 11 is 1.74. The molecule has 2 atom stereocenters. The fraction of sp³-hybridized carbons (Fsp3) is 0.520. The quantitative estimate of drug-likeness (QED) is 0.553. The van der Waals surface area contributed by atoms with Gasteiger partial charge in [0.1, 0.15) is 18.9 Å². The van der Waals surface area contributed by atoms with Crippen LogP contribution < -0.4 is 4.74 Å². The van der Waals surface area contributed by atoms with Gasteiger partial charge in [0.25, 0.3) is 0 Å². The summed E-state index contributed by atoms with van der Waals surface area (Å²) in [5.41, 5.74) is 1.17. The molecule has 1 aliphatic rings. The van der Waals surface area contributed by atoms with Crippen molar-refractivity contribution in [1.29, 1.82) is 0 Å². The predicted molar refractivity (Wildman–Crippen MR) is 125 cm³/mol. The van der Waals surface area contributed by atoms with Crippen LogP contribution in [-0.4, -0.2) is 47.4 Å². The molecule has 5 nitrogen and oxygen atoms in total. The number of fused-ring (bicyclic) bond motifs is 1. The summed E-state index contributed by atoms with van der Waals surface area (Å²) in [5, 5.41) is 2.09.